The summed E-state index contributed by atoms with van der Waals surface area (Å²) in [4.78, 5) is 10.4. The first-order chi connectivity index (χ1) is 5.79. The molecule has 0 spiro atoms. The van der Waals surface area contributed by atoms with Crippen LogP contribution in [0.15, 0.2) is 23.7 Å². The van der Waals surface area contributed by atoms with Gasteiger partial charge < -0.3 is 4.74 Å². The van der Waals surface area contributed by atoms with Crippen LogP contribution in [-0.2, 0) is 9.53 Å². The van der Waals surface area contributed by atoms with E-state index in [0.29, 0.717) is 18.6 Å². The molecule has 0 amide bonds. The first kappa shape index (κ1) is 7.53. The summed E-state index contributed by atoms with van der Waals surface area (Å²) in [5.41, 5.74) is 0. The Labute approximate surface area is 69.7 Å². The number of carbonyl (C=O) groups is 1. The van der Waals surface area contributed by atoms with E-state index in [1.165, 1.54) is 12.2 Å². The van der Waals surface area contributed by atoms with Crippen LogP contribution in [0.5, 0.6) is 0 Å². The molecule has 12 heavy (non-hydrogen) atoms. The van der Waals surface area contributed by atoms with Gasteiger partial charge in [0.15, 0.2) is 12.4 Å². The fraction of sp³-hybridized carbons (Fsp3) is 0.444. The van der Waals surface area contributed by atoms with Gasteiger partial charge in [-0.3, -0.25) is 4.79 Å². The molecule has 2 atom stereocenters. The summed E-state index contributed by atoms with van der Waals surface area (Å²) < 4.78 is 17.9. The predicted molar refractivity (Wildman–Crippen MR) is 40.9 cm³/mol. The average Bonchev–Trinajstić information content (AvgIpc) is 2.46. The molecule has 1 heterocycles. The van der Waals surface area contributed by atoms with Crippen LogP contribution in [0.3, 0.4) is 0 Å². The second-order valence-electron chi connectivity index (χ2n) is 3.10. The Morgan fingerprint density at radius 3 is 3.25 bits per heavy atom. The fourth-order valence-electron chi connectivity index (χ4n) is 1.61. The van der Waals surface area contributed by atoms with Crippen LogP contribution in [0, 0.1) is 5.92 Å². The van der Waals surface area contributed by atoms with Crippen molar-refractivity contribution in [3.05, 3.63) is 23.7 Å². The molecule has 2 nitrogen and oxygen atoms in total. The molecular formula is C9H9FO2. The lowest BCUT2D eigenvalue weighted by Gasteiger charge is -2.10. The number of fused-ring (bicyclic) bond motifs is 1. The third kappa shape index (κ3) is 1.15. The van der Waals surface area contributed by atoms with E-state index in [9.17, 15) is 9.18 Å². The molecule has 2 aliphatic rings. The summed E-state index contributed by atoms with van der Waals surface area (Å²) in [6.07, 6.45) is 4.67. The van der Waals surface area contributed by atoms with Gasteiger partial charge in [0.25, 0.3) is 0 Å². The summed E-state index contributed by atoms with van der Waals surface area (Å²) in [6.45, 7) is 0. The number of halogens is 1. The number of hydrogen-bond acceptors (Lipinski definition) is 2. The Balaban J connectivity index is 2.16. The van der Waals surface area contributed by atoms with Crippen molar-refractivity contribution in [1.82, 2.24) is 0 Å². The van der Waals surface area contributed by atoms with Crippen LogP contribution < -0.4 is 0 Å². The highest BCUT2D eigenvalue weighted by Crippen LogP contribution is 2.35. The van der Waals surface area contributed by atoms with Gasteiger partial charge in [-0.1, -0.05) is 0 Å². The van der Waals surface area contributed by atoms with Gasteiger partial charge in [0, 0.05) is 18.4 Å². The molecule has 0 saturated carbocycles. The molecule has 2 rings (SSSR count). The molecule has 1 aliphatic carbocycles. The van der Waals surface area contributed by atoms with E-state index in [2.05, 4.69) is 0 Å². The Morgan fingerprint density at radius 2 is 2.50 bits per heavy atom. The lowest BCUT2D eigenvalue weighted by molar-refractivity contribution is -0.114. The highest BCUT2D eigenvalue weighted by Gasteiger charge is 2.31. The largest absolute Gasteiger partial charge is 0.487 e. The molecule has 1 aliphatic heterocycles. The van der Waals surface area contributed by atoms with Crippen LogP contribution in [0.4, 0.5) is 4.39 Å². The Morgan fingerprint density at radius 1 is 1.67 bits per heavy atom. The monoisotopic (exact) mass is 168 g/mol. The van der Waals surface area contributed by atoms with Gasteiger partial charge in [0.2, 0.25) is 0 Å². The molecule has 0 aromatic carbocycles. The zero-order valence-electron chi connectivity index (χ0n) is 6.50. The number of rotatable bonds is 1. The van der Waals surface area contributed by atoms with Crippen molar-refractivity contribution in [1.29, 1.82) is 0 Å². The molecule has 1 fully saturated rings. The van der Waals surface area contributed by atoms with Crippen molar-refractivity contribution in [3.63, 3.8) is 0 Å². The van der Waals surface area contributed by atoms with Gasteiger partial charge in [-0.25, -0.2) is 4.39 Å². The standard InChI is InChI=1S/C9H9FO2/c10-7-2-1-6-3-8(5-11)12-9(6)4-7/h2,4-6,8H,1,3H2. The highest BCUT2D eigenvalue weighted by atomic mass is 19.1. The van der Waals surface area contributed by atoms with Crippen molar-refractivity contribution < 1.29 is 13.9 Å². The highest BCUT2D eigenvalue weighted by molar-refractivity contribution is 5.57. The molecule has 2 unspecified atom stereocenters. The summed E-state index contributed by atoms with van der Waals surface area (Å²) in [6, 6.07) is 0. The molecule has 0 N–H and O–H groups in total. The molecule has 0 bridgehead atoms. The van der Waals surface area contributed by atoms with E-state index in [1.54, 1.807) is 0 Å². The SMILES string of the molecule is O=CC1CC2CC=C(F)C=C2O1. The van der Waals surface area contributed by atoms with E-state index in [4.69, 9.17) is 4.74 Å². The normalized spacial score (nSPS) is 33.1. The van der Waals surface area contributed by atoms with Crippen LogP contribution in [0.1, 0.15) is 12.8 Å². The van der Waals surface area contributed by atoms with E-state index in [-0.39, 0.29) is 17.8 Å². The lowest BCUT2D eigenvalue weighted by atomic mass is 9.96. The van der Waals surface area contributed by atoms with Crippen molar-refractivity contribution in [2.75, 3.05) is 0 Å². The molecule has 3 heteroatoms. The first-order valence-corrected chi connectivity index (χ1v) is 3.99. The predicted octanol–water partition coefficient (Wildman–Crippen LogP) is 1.73. The maximum Gasteiger partial charge on any atom is 0.160 e. The molecular weight excluding hydrogens is 159 g/mol. The fourth-order valence-corrected chi connectivity index (χ4v) is 1.61. The van der Waals surface area contributed by atoms with Gasteiger partial charge in [-0.15, -0.1) is 0 Å². The second-order valence-corrected chi connectivity index (χ2v) is 3.10. The number of aldehydes is 1. The second kappa shape index (κ2) is 2.73. The van der Waals surface area contributed by atoms with Crippen molar-refractivity contribution in [3.8, 4) is 0 Å². The van der Waals surface area contributed by atoms with Gasteiger partial charge in [0.05, 0.1) is 0 Å². The molecule has 64 valence electrons. The number of carbonyl (C=O) groups excluding carboxylic acids is 1. The summed E-state index contributed by atoms with van der Waals surface area (Å²) >= 11 is 0. The molecule has 0 aromatic rings. The third-order valence-electron chi connectivity index (χ3n) is 2.24. The van der Waals surface area contributed by atoms with Crippen LogP contribution in [0.2, 0.25) is 0 Å². The van der Waals surface area contributed by atoms with E-state index < -0.39 is 0 Å². The van der Waals surface area contributed by atoms with Crippen molar-refractivity contribution in [2.24, 2.45) is 5.92 Å². The van der Waals surface area contributed by atoms with Gasteiger partial charge >= 0.3 is 0 Å². The minimum absolute atomic E-state index is 0.222. The summed E-state index contributed by atoms with van der Waals surface area (Å²) in [7, 11) is 0. The molecule has 1 saturated heterocycles. The van der Waals surface area contributed by atoms with Gasteiger partial charge in [-0.05, 0) is 12.5 Å². The molecule has 0 radical (unpaired) electrons. The summed E-state index contributed by atoms with van der Waals surface area (Å²) in [5.74, 6) is 0.597. The topological polar surface area (TPSA) is 26.3 Å². The lowest BCUT2D eigenvalue weighted by Crippen LogP contribution is -2.04. The zero-order chi connectivity index (χ0) is 8.55. The van der Waals surface area contributed by atoms with Crippen molar-refractivity contribution >= 4 is 6.29 Å². The Bertz CT molecular complexity index is 268. The quantitative estimate of drug-likeness (QED) is 0.557. The zero-order valence-corrected chi connectivity index (χ0v) is 6.50. The van der Waals surface area contributed by atoms with Crippen LogP contribution >= 0.6 is 0 Å². The third-order valence-corrected chi connectivity index (χ3v) is 2.24. The van der Waals surface area contributed by atoms with Crippen molar-refractivity contribution in [2.45, 2.75) is 18.9 Å². The Kier molecular flexibility index (Phi) is 1.71. The first-order valence-electron chi connectivity index (χ1n) is 3.99. The van der Waals surface area contributed by atoms with Gasteiger partial charge in [-0.2, -0.15) is 0 Å². The van der Waals surface area contributed by atoms with E-state index >= 15 is 0 Å². The molecule has 0 aromatic heterocycles. The minimum atomic E-state index is -0.361. The number of hydrogen-bond donors (Lipinski definition) is 0. The van der Waals surface area contributed by atoms with E-state index in [1.807, 2.05) is 0 Å². The maximum atomic E-state index is 12.7. The van der Waals surface area contributed by atoms with Gasteiger partial charge in [0.1, 0.15) is 11.6 Å². The smallest absolute Gasteiger partial charge is 0.160 e. The average molecular weight is 168 g/mol. The van der Waals surface area contributed by atoms with E-state index in [0.717, 1.165) is 6.29 Å². The summed E-state index contributed by atoms with van der Waals surface area (Å²) in [5, 5.41) is 0. The minimum Gasteiger partial charge on any atom is -0.487 e. The Hall–Kier alpha value is -1.12. The number of allylic oxidation sites excluding steroid dienone is 4. The number of ether oxygens (including phenoxy) is 1. The van der Waals surface area contributed by atoms with Crippen LogP contribution in [0.25, 0.3) is 0 Å². The maximum absolute atomic E-state index is 12.7. The van der Waals surface area contributed by atoms with Crippen LogP contribution in [-0.4, -0.2) is 12.4 Å².